The van der Waals surface area contributed by atoms with Crippen LogP contribution in [0.5, 0.6) is 0 Å². The fourth-order valence-electron chi connectivity index (χ4n) is 4.04. The molecule has 3 aliphatic rings. The van der Waals surface area contributed by atoms with Gasteiger partial charge in [0.2, 0.25) is 0 Å². The minimum atomic E-state index is -0.803. The molecule has 0 bridgehead atoms. The number of fused-ring (bicyclic) bond motifs is 1. The van der Waals surface area contributed by atoms with Crippen molar-refractivity contribution in [1.82, 2.24) is 0 Å². The Labute approximate surface area is 137 Å². The van der Waals surface area contributed by atoms with E-state index in [-0.39, 0.29) is 24.3 Å². The van der Waals surface area contributed by atoms with Crippen LogP contribution in [0.2, 0.25) is 0 Å². The van der Waals surface area contributed by atoms with E-state index in [0.29, 0.717) is 6.42 Å². The van der Waals surface area contributed by atoms with Crippen LogP contribution >= 0.6 is 0 Å². The summed E-state index contributed by atoms with van der Waals surface area (Å²) >= 11 is 0. The van der Waals surface area contributed by atoms with Crippen LogP contribution in [0.4, 0.5) is 0 Å². The van der Waals surface area contributed by atoms with Gasteiger partial charge in [-0.1, -0.05) is 36.4 Å². The standard InChI is InChI=1S/C18H14O6/c19-13-8-18(9-14(20)23-13)6-11(10-4-2-1-3-5-10)15-12(7-18)16(21)24-17(15)22/h1-5,7,11,15H,6,8-9H2. The molecule has 0 amide bonds. The van der Waals surface area contributed by atoms with Crippen LogP contribution in [0, 0.1) is 11.3 Å². The molecule has 2 atom stereocenters. The lowest BCUT2D eigenvalue weighted by atomic mass is 9.62. The van der Waals surface area contributed by atoms with Crippen molar-refractivity contribution in [3.05, 3.63) is 47.5 Å². The van der Waals surface area contributed by atoms with Crippen LogP contribution < -0.4 is 0 Å². The second kappa shape index (κ2) is 5.12. The first-order chi connectivity index (χ1) is 11.5. The molecule has 122 valence electrons. The monoisotopic (exact) mass is 326 g/mol. The van der Waals surface area contributed by atoms with Crippen LogP contribution in [0.25, 0.3) is 0 Å². The van der Waals surface area contributed by atoms with E-state index in [2.05, 4.69) is 4.74 Å². The predicted octanol–water partition coefficient (Wildman–Crippen LogP) is 1.65. The van der Waals surface area contributed by atoms with Crippen molar-refractivity contribution >= 4 is 23.9 Å². The number of carbonyl (C=O) groups is 4. The zero-order chi connectivity index (χ0) is 16.9. The average molecular weight is 326 g/mol. The Kier molecular flexibility index (Phi) is 3.16. The third-order valence-electron chi connectivity index (χ3n) is 4.96. The van der Waals surface area contributed by atoms with Crippen molar-refractivity contribution in [3.63, 3.8) is 0 Å². The van der Waals surface area contributed by atoms with Crippen molar-refractivity contribution in [2.24, 2.45) is 11.3 Å². The molecule has 6 heteroatoms. The smallest absolute Gasteiger partial charge is 0.342 e. The minimum Gasteiger partial charge on any atom is -0.393 e. The largest absolute Gasteiger partial charge is 0.393 e. The minimum absolute atomic E-state index is 0.0137. The Bertz CT molecular complexity index is 775. The summed E-state index contributed by atoms with van der Waals surface area (Å²) < 4.78 is 9.42. The summed E-state index contributed by atoms with van der Waals surface area (Å²) in [6.45, 7) is 0. The summed E-state index contributed by atoms with van der Waals surface area (Å²) in [4.78, 5) is 47.8. The SMILES string of the molecule is O=C1CC2(C=C3C(=O)OC(=O)C3C(c3ccccc3)C2)CC(=O)O1. The highest BCUT2D eigenvalue weighted by Gasteiger charge is 2.54. The fourth-order valence-corrected chi connectivity index (χ4v) is 4.04. The lowest BCUT2D eigenvalue weighted by Gasteiger charge is -2.40. The van der Waals surface area contributed by atoms with Crippen LogP contribution in [0.15, 0.2) is 42.0 Å². The molecule has 1 spiro atoms. The van der Waals surface area contributed by atoms with Crippen LogP contribution in [0.3, 0.4) is 0 Å². The van der Waals surface area contributed by atoms with Crippen molar-refractivity contribution in [1.29, 1.82) is 0 Å². The average Bonchev–Trinajstić information content (AvgIpc) is 2.80. The number of benzene rings is 1. The third-order valence-corrected chi connectivity index (χ3v) is 4.96. The number of carbonyl (C=O) groups excluding carboxylic acids is 4. The number of cyclic esters (lactones) is 4. The van der Waals surface area contributed by atoms with Gasteiger partial charge in [-0.15, -0.1) is 0 Å². The highest BCUT2D eigenvalue weighted by molar-refractivity contribution is 6.08. The van der Waals surface area contributed by atoms with Gasteiger partial charge in [0.05, 0.1) is 18.8 Å². The van der Waals surface area contributed by atoms with Gasteiger partial charge in [0, 0.05) is 16.9 Å². The molecule has 2 unspecified atom stereocenters. The Morgan fingerprint density at radius 1 is 0.917 bits per heavy atom. The summed E-state index contributed by atoms with van der Waals surface area (Å²) in [5, 5.41) is 0. The maximum Gasteiger partial charge on any atom is 0.342 e. The van der Waals surface area contributed by atoms with E-state index in [1.54, 1.807) is 6.08 Å². The molecule has 2 saturated heterocycles. The number of rotatable bonds is 1. The molecule has 2 heterocycles. The van der Waals surface area contributed by atoms with E-state index in [0.717, 1.165) is 5.56 Å². The Morgan fingerprint density at radius 3 is 2.25 bits per heavy atom. The normalized spacial score (nSPS) is 28.2. The van der Waals surface area contributed by atoms with Gasteiger partial charge in [-0.2, -0.15) is 0 Å². The van der Waals surface area contributed by atoms with Crippen LogP contribution in [0.1, 0.15) is 30.7 Å². The molecule has 2 aliphatic heterocycles. The first-order valence-corrected chi connectivity index (χ1v) is 7.75. The number of esters is 4. The van der Waals surface area contributed by atoms with Crippen LogP contribution in [-0.4, -0.2) is 23.9 Å². The topological polar surface area (TPSA) is 86.7 Å². The quantitative estimate of drug-likeness (QED) is 0.576. The molecular weight excluding hydrogens is 312 g/mol. The van der Waals surface area contributed by atoms with Gasteiger partial charge in [0.15, 0.2) is 0 Å². The third kappa shape index (κ3) is 2.26. The van der Waals surface area contributed by atoms with E-state index in [4.69, 9.17) is 4.74 Å². The van der Waals surface area contributed by atoms with E-state index < -0.39 is 35.2 Å². The highest BCUT2D eigenvalue weighted by atomic mass is 16.6. The molecule has 6 nitrogen and oxygen atoms in total. The molecule has 1 aliphatic carbocycles. The van der Waals surface area contributed by atoms with Gasteiger partial charge < -0.3 is 9.47 Å². The van der Waals surface area contributed by atoms with Gasteiger partial charge in [-0.05, 0) is 12.0 Å². The zero-order valence-electron chi connectivity index (χ0n) is 12.7. The molecule has 0 N–H and O–H groups in total. The van der Waals surface area contributed by atoms with Crippen molar-refractivity contribution < 1.29 is 28.7 Å². The number of hydrogen-bond donors (Lipinski definition) is 0. The second-order valence-corrected chi connectivity index (χ2v) is 6.57. The Balaban J connectivity index is 1.83. The van der Waals surface area contributed by atoms with Crippen molar-refractivity contribution in [3.8, 4) is 0 Å². The number of allylic oxidation sites excluding steroid dienone is 1. The molecule has 0 saturated carbocycles. The van der Waals surface area contributed by atoms with Crippen molar-refractivity contribution in [2.45, 2.75) is 25.2 Å². The second-order valence-electron chi connectivity index (χ2n) is 6.57. The van der Waals surface area contributed by atoms with Gasteiger partial charge in [-0.3, -0.25) is 14.4 Å². The maximum absolute atomic E-state index is 12.2. The Morgan fingerprint density at radius 2 is 1.58 bits per heavy atom. The Hall–Kier alpha value is -2.76. The number of ether oxygens (including phenoxy) is 2. The molecule has 1 aromatic carbocycles. The summed E-state index contributed by atoms with van der Waals surface area (Å²) in [6, 6.07) is 9.31. The fraction of sp³-hybridized carbons (Fsp3) is 0.333. The first kappa shape index (κ1) is 14.8. The molecular formula is C18H14O6. The number of hydrogen-bond acceptors (Lipinski definition) is 6. The van der Waals surface area contributed by atoms with Gasteiger partial charge in [0.25, 0.3) is 0 Å². The van der Waals surface area contributed by atoms with Crippen LogP contribution in [-0.2, 0) is 28.7 Å². The summed E-state index contributed by atoms with van der Waals surface area (Å²) in [6.07, 6.45) is 2.04. The predicted molar refractivity (Wildman–Crippen MR) is 79.2 cm³/mol. The van der Waals surface area contributed by atoms with E-state index >= 15 is 0 Å². The van der Waals surface area contributed by atoms with E-state index in [1.165, 1.54) is 0 Å². The highest BCUT2D eigenvalue weighted by Crippen LogP contribution is 2.53. The summed E-state index contributed by atoms with van der Waals surface area (Å²) in [5.41, 5.74) is 0.329. The lowest BCUT2D eigenvalue weighted by molar-refractivity contribution is -0.168. The molecule has 24 heavy (non-hydrogen) atoms. The summed E-state index contributed by atoms with van der Waals surface area (Å²) in [7, 11) is 0. The molecule has 1 aromatic rings. The molecule has 0 aromatic heterocycles. The van der Waals surface area contributed by atoms with Crippen molar-refractivity contribution in [2.75, 3.05) is 0 Å². The lowest BCUT2D eigenvalue weighted by Crippen LogP contribution is -2.40. The molecule has 0 radical (unpaired) electrons. The van der Waals surface area contributed by atoms with Gasteiger partial charge >= 0.3 is 23.9 Å². The molecule has 2 fully saturated rings. The maximum atomic E-state index is 12.2. The van der Waals surface area contributed by atoms with Gasteiger partial charge in [0.1, 0.15) is 0 Å². The zero-order valence-corrected chi connectivity index (χ0v) is 12.7. The molecule has 4 rings (SSSR count). The van der Waals surface area contributed by atoms with E-state index in [9.17, 15) is 19.2 Å². The van der Waals surface area contributed by atoms with Gasteiger partial charge in [-0.25, -0.2) is 4.79 Å². The summed E-state index contributed by atoms with van der Waals surface area (Å²) in [5.74, 6) is -3.46. The first-order valence-electron chi connectivity index (χ1n) is 7.75. The van der Waals surface area contributed by atoms with E-state index in [1.807, 2.05) is 30.3 Å².